The summed E-state index contributed by atoms with van der Waals surface area (Å²) in [6.07, 6.45) is 2.71. The molecular weight excluding hydrogens is 528 g/mol. The van der Waals surface area contributed by atoms with Crippen LogP contribution >= 0.6 is 23.4 Å². The molecule has 0 saturated carbocycles. The summed E-state index contributed by atoms with van der Waals surface area (Å²) in [5.74, 6) is -2.40. The molecule has 3 rings (SSSR count). The van der Waals surface area contributed by atoms with E-state index in [1.807, 2.05) is 30.5 Å². The molecule has 1 aliphatic rings. The lowest BCUT2D eigenvalue weighted by atomic mass is 9.75. The van der Waals surface area contributed by atoms with E-state index in [1.54, 1.807) is 44.7 Å². The number of carbonyl (C=O) groups excluding carboxylic acids is 2. The van der Waals surface area contributed by atoms with Crippen LogP contribution in [0.1, 0.15) is 56.0 Å². The number of benzene rings is 2. The molecule has 1 heterocycles. The van der Waals surface area contributed by atoms with Crippen molar-refractivity contribution in [2.75, 3.05) is 19.5 Å². The third-order valence-electron chi connectivity index (χ3n) is 6.31. The summed E-state index contributed by atoms with van der Waals surface area (Å²) >= 11 is 8.23. The van der Waals surface area contributed by atoms with Gasteiger partial charge in [0.05, 0.1) is 34.8 Å². The number of carbonyl (C=O) groups is 2. The zero-order chi connectivity index (χ0) is 27.8. The number of halogens is 1. The highest BCUT2D eigenvalue weighted by molar-refractivity contribution is 7.98. The summed E-state index contributed by atoms with van der Waals surface area (Å²) in [5.41, 5.74) is 2.88. The monoisotopic (exact) mass is 558 g/mol. The molecule has 38 heavy (non-hydrogen) atoms. The zero-order valence-electron chi connectivity index (χ0n) is 21.8. The summed E-state index contributed by atoms with van der Waals surface area (Å²) in [6.45, 7) is 5.60. The van der Waals surface area contributed by atoms with Crippen molar-refractivity contribution in [3.05, 3.63) is 81.0 Å². The number of esters is 2. The molecule has 0 amide bonds. The van der Waals surface area contributed by atoms with E-state index >= 15 is 0 Å². The van der Waals surface area contributed by atoms with Gasteiger partial charge >= 0.3 is 11.9 Å². The van der Waals surface area contributed by atoms with E-state index in [9.17, 15) is 19.7 Å². The predicted octanol–water partition coefficient (Wildman–Crippen LogP) is 6.63. The van der Waals surface area contributed by atoms with Gasteiger partial charge < -0.3 is 9.47 Å². The number of ether oxygens (including phenoxy) is 2. The Hall–Kier alpha value is -3.17. The van der Waals surface area contributed by atoms with Crippen LogP contribution in [-0.4, -0.2) is 42.0 Å². The molecule has 0 spiro atoms. The van der Waals surface area contributed by atoms with E-state index in [4.69, 9.17) is 26.1 Å². The summed E-state index contributed by atoms with van der Waals surface area (Å²) in [7, 11) is 0. The molecule has 202 valence electrons. The van der Waals surface area contributed by atoms with Crippen molar-refractivity contribution in [1.82, 2.24) is 0 Å². The first-order valence-electron chi connectivity index (χ1n) is 12.4. The molecule has 8 nitrogen and oxygen atoms in total. The molecule has 10 heteroatoms. The molecule has 0 bridgehead atoms. The second kappa shape index (κ2) is 13.6. The maximum atomic E-state index is 13.4. The minimum atomic E-state index is -0.781. The maximum Gasteiger partial charge on any atom is 0.336 e. The SMILES string of the molecule is CCOC(=O)C1=C(CCC(Cl)c2ccc([N+](=O)[O-])cc2)N=C(C)C(C(=O)OCC)C1c1cccc(SC)c1. The van der Waals surface area contributed by atoms with Gasteiger partial charge in [0.25, 0.3) is 5.69 Å². The van der Waals surface area contributed by atoms with Crippen LogP contribution in [0.4, 0.5) is 5.69 Å². The van der Waals surface area contributed by atoms with Crippen molar-refractivity contribution in [3.8, 4) is 0 Å². The molecule has 0 aromatic heterocycles. The van der Waals surface area contributed by atoms with Gasteiger partial charge in [-0.3, -0.25) is 19.9 Å². The Bertz CT molecular complexity index is 1240. The van der Waals surface area contributed by atoms with E-state index in [0.717, 1.165) is 16.0 Å². The minimum absolute atomic E-state index is 0.0160. The highest BCUT2D eigenvalue weighted by Gasteiger charge is 2.43. The highest BCUT2D eigenvalue weighted by Crippen LogP contribution is 2.43. The minimum Gasteiger partial charge on any atom is -0.465 e. The van der Waals surface area contributed by atoms with Gasteiger partial charge in [0.15, 0.2) is 0 Å². The Labute approximate surface area is 231 Å². The van der Waals surface area contributed by atoms with Gasteiger partial charge in [0.2, 0.25) is 0 Å². The third-order valence-corrected chi connectivity index (χ3v) is 7.50. The lowest BCUT2D eigenvalue weighted by molar-refractivity contribution is -0.384. The third kappa shape index (κ3) is 6.82. The largest absolute Gasteiger partial charge is 0.465 e. The second-order valence-corrected chi connectivity index (χ2v) is 10.1. The Balaban J connectivity index is 2.05. The molecule has 0 N–H and O–H groups in total. The van der Waals surface area contributed by atoms with Crippen LogP contribution in [-0.2, 0) is 19.1 Å². The van der Waals surface area contributed by atoms with E-state index in [0.29, 0.717) is 29.8 Å². The average molecular weight is 559 g/mol. The Morgan fingerprint density at radius 3 is 2.42 bits per heavy atom. The standard InChI is InChI=1S/C28H31ClN2O6S/c1-5-36-27(32)24-17(3)30-23(15-14-22(29)18-10-12-20(13-11-18)31(34)35)26(28(33)37-6-2)25(24)19-8-7-9-21(16-19)38-4/h7-13,16,22,24-25H,5-6,14-15H2,1-4H3. The first-order valence-corrected chi connectivity index (χ1v) is 14.0. The number of thioether (sulfide) groups is 1. The fraction of sp³-hybridized carbons (Fsp3) is 0.393. The van der Waals surface area contributed by atoms with Crippen LogP contribution in [0.25, 0.3) is 0 Å². The van der Waals surface area contributed by atoms with Crippen molar-refractivity contribution in [3.63, 3.8) is 0 Å². The number of hydrogen-bond acceptors (Lipinski definition) is 8. The topological polar surface area (TPSA) is 108 Å². The summed E-state index contributed by atoms with van der Waals surface area (Å²) < 4.78 is 10.8. The number of alkyl halides is 1. The van der Waals surface area contributed by atoms with Gasteiger partial charge in [-0.15, -0.1) is 23.4 Å². The average Bonchev–Trinajstić information content (AvgIpc) is 2.91. The molecule has 3 unspecified atom stereocenters. The number of hydrogen-bond donors (Lipinski definition) is 0. The molecule has 0 aliphatic carbocycles. The fourth-order valence-electron chi connectivity index (χ4n) is 4.54. The molecule has 2 aromatic carbocycles. The van der Waals surface area contributed by atoms with Gasteiger partial charge in [-0.25, -0.2) is 4.79 Å². The normalized spacial score (nSPS) is 18.0. The lowest BCUT2D eigenvalue weighted by Crippen LogP contribution is -2.37. The van der Waals surface area contributed by atoms with Crippen LogP contribution in [0, 0.1) is 16.0 Å². The van der Waals surface area contributed by atoms with E-state index in [2.05, 4.69) is 0 Å². The quantitative estimate of drug-likeness (QED) is 0.100. The van der Waals surface area contributed by atoms with Crippen molar-refractivity contribution in [1.29, 1.82) is 0 Å². The molecule has 0 fully saturated rings. The second-order valence-electron chi connectivity index (χ2n) is 8.67. The Morgan fingerprint density at radius 1 is 1.13 bits per heavy atom. The van der Waals surface area contributed by atoms with Crippen LogP contribution in [0.15, 0.2) is 69.7 Å². The van der Waals surface area contributed by atoms with Crippen LogP contribution < -0.4 is 0 Å². The molecule has 0 saturated heterocycles. The number of aliphatic imine (C=N–C) groups is 1. The van der Waals surface area contributed by atoms with Gasteiger partial charge in [0.1, 0.15) is 5.92 Å². The van der Waals surface area contributed by atoms with E-state index in [-0.39, 0.29) is 18.9 Å². The van der Waals surface area contributed by atoms with Crippen LogP contribution in [0.5, 0.6) is 0 Å². The number of allylic oxidation sites excluding steroid dienone is 1. The predicted molar refractivity (Wildman–Crippen MR) is 149 cm³/mol. The molecule has 2 aromatic rings. The van der Waals surface area contributed by atoms with Crippen molar-refractivity contribution in [2.24, 2.45) is 10.9 Å². The summed E-state index contributed by atoms with van der Waals surface area (Å²) in [6, 6.07) is 13.8. The van der Waals surface area contributed by atoms with Gasteiger partial charge in [-0.05, 0) is 63.1 Å². The number of nitro groups is 1. The maximum absolute atomic E-state index is 13.4. The zero-order valence-corrected chi connectivity index (χ0v) is 23.4. The van der Waals surface area contributed by atoms with E-state index in [1.165, 1.54) is 12.1 Å². The van der Waals surface area contributed by atoms with Crippen LogP contribution in [0.3, 0.4) is 0 Å². The smallest absolute Gasteiger partial charge is 0.336 e. The van der Waals surface area contributed by atoms with Gasteiger partial charge in [0, 0.05) is 28.7 Å². The van der Waals surface area contributed by atoms with Crippen molar-refractivity contribution in [2.45, 2.75) is 49.8 Å². The first kappa shape index (κ1) is 29.4. The highest BCUT2D eigenvalue weighted by atomic mass is 35.5. The number of nitro benzene ring substituents is 1. The van der Waals surface area contributed by atoms with Gasteiger partial charge in [-0.2, -0.15) is 0 Å². The number of nitrogens with zero attached hydrogens (tertiary/aromatic N) is 2. The fourth-order valence-corrected chi connectivity index (χ4v) is 5.27. The van der Waals surface area contributed by atoms with Crippen molar-refractivity contribution < 1.29 is 24.0 Å². The molecule has 0 radical (unpaired) electrons. The van der Waals surface area contributed by atoms with Gasteiger partial charge in [-0.1, -0.05) is 24.3 Å². The number of non-ortho nitro benzene ring substituents is 1. The summed E-state index contributed by atoms with van der Waals surface area (Å²) in [4.78, 5) is 42.8. The molecule has 1 aliphatic heterocycles. The lowest BCUT2D eigenvalue weighted by Gasteiger charge is -2.32. The van der Waals surface area contributed by atoms with E-state index < -0.39 is 34.1 Å². The van der Waals surface area contributed by atoms with Crippen LogP contribution in [0.2, 0.25) is 0 Å². The van der Waals surface area contributed by atoms with Crippen molar-refractivity contribution >= 4 is 46.7 Å². The Morgan fingerprint density at radius 2 is 1.82 bits per heavy atom. The molecule has 3 atom stereocenters. The summed E-state index contributed by atoms with van der Waals surface area (Å²) in [5, 5.41) is 10.5. The molecular formula is C28H31ClN2O6S. The Kier molecular flexibility index (Phi) is 10.5. The first-order chi connectivity index (χ1) is 18.2. The number of rotatable bonds is 11.